The van der Waals surface area contributed by atoms with Crippen LogP contribution in [-0.2, 0) is 6.42 Å². The van der Waals surface area contributed by atoms with Crippen LogP contribution in [0, 0.1) is 29.6 Å². The molecule has 0 saturated heterocycles. The zero-order valence-corrected chi connectivity index (χ0v) is 10.0. The molecule has 0 unspecified atom stereocenters. The summed E-state index contributed by atoms with van der Waals surface area (Å²) in [6, 6.07) is 11.2. The van der Waals surface area contributed by atoms with Crippen LogP contribution in [0.2, 0.25) is 0 Å². The first-order valence-electron chi connectivity index (χ1n) is 5.59. The van der Waals surface area contributed by atoms with Crippen LogP contribution in [-0.4, -0.2) is 0 Å². The zero-order chi connectivity index (χ0) is 12.2. The van der Waals surface area contributed by atoms with Gasteiger partial charge < -0.3 is 0 Å². The lowest BCUT2D eigenvalue weighted by Gasteiger charge is -2.03. The Kier molecular flexibility index (Phi) is 8.65. The summed E-state index contributed by atoms with van der Waals surface area (Å²) in [5, 5.41) is 14.5. The highest BCUT2D eigenvalue weighted by Gasteiger charge is 1.95. The van der Waals surface area contributed by atoms with Gasteiger partial charge in [0.2, 0.25) is 0 Å². The highest BCUT2D eigenvalue weighted by molar-refractivity contribution is 5.25. The molecule has 0 atom stereocenters. The second-order valence-electron chi connectivity index (χ2n) is 3.61. The van der Waals surface area contributed by atoms with Gasteiger partial charge in [-0.2, -0.15) is 10.5 Å². The summed E-state index contributed by atoms with van der Waals surface area (Å²) < 4.78 is 0. The third kappa shape index (κ3) is 6.62. The highest BCUT2D eigenvalue weighted by atomic mass is 14.3. The molecule has 0 aliphatic heterocycles. The van der Waals surface area contributed by atoms with Crippen molar-refractivity contribution in [1.82, 2.24) is 0 Å². The molecule has 16 heavy (non-hydrogen) atoms. The molecule has 2 heteroatoms. The predicted molar refractivity (Wildman–Crippen MR) is 65.6 cm³/mol. The SMILES string of the molecule is CCCCCc1ccccc1C.N#CC#N. The maximum Gasteiger partial charge on any atom is 0.181 e. The fraction of sp³-hybridized carbons (Fsp3) is 0.429. The molecule has 0 spiro atoms. The van der Waals surface area contributed by atoms with Crippen molar-refractivity contribution in [2.24, 2.45) is 0 Å². The Morgan fingerprint density at radius 3 is 2.19 bits per heavy atom. The van der Waals surface area contributed by atoms with E-state index < -0.39 is 0 Å². The standard InChI is InChI=1S/C12H18.C2N2/c1-3-4-5-9-12-10-7-6-8-11(12)2;3-1-2-4/h6-8,10H,3-5,9H2,1-2H3;. The van der Waals surface area contributed by atoms with Gasteiger partial charge in [-0.25, -0.2) is 0 Å². The van der Waals surface area contributed by atoms with Gasteiger partial charge in [0.1, 0.15) is 0 Å². The third-order valence-corrected chi connectivity index (χ3v) is 2.36. The van der Waals surface area contributed by atoms with Crippen molar-refractivity contribution in [2.45, 2.75) is 39.5 Å². The minimum atomic E-state index is 1.24. The van der Waals surface area contributed by atoms with Gasteiger partial charge in [0.15, 0.2) is 12.1 Å². The Morgan fingerprint density at radius 1 is 1.06 bits per heavy atom. The predicted octanol–water partition coefficient (Wildman–Crippen LogP) is 3.76. The van der Waals surface area contributed by atoms with E-state index in [-0.39, 0.29) is 0 Å². The second-order valence-corrected chi connectivity index (χ2v) is 3.61. The van der Waals surface area contributed by atoms with Crippen molar-refractivity contribution in [3.63, 3.8) is 0 Å². The largest absolute Gasteiger partial charge is 0.181 e. The molecule has 84 valence electrons. The fourth-order valence-electron chi connectivity index (χ4n) is 1.46. The summed E-state index contributed by atoms with van der Waals surface area (Å²) in [5.74, 6) is 0. The van der Waals surface area contributed by atoms with Gasteiger partial charge in [0.25, 0.3) is 0 Å². The number of unbranched alkanes of at least 4 members (excludes halogenated alkanes) is 2. The Hall–Kier alpha value is -1.80. The monoisotopic (exact) mass is 214 g/mol. The van der Waals surface area contributed by atoms with Gasteiger partial charge in [-0.05, 0) is 30.9 Å². The topological polar surface area (TPSA) is 47.6 Å². The number of benzene rings is 1. The third-order valence-electron chi connectivity index (χ3n) is 2.36. The summed E-state index contributed by atoms with van der Waals surface area (Å²) in [7, 11) is 0. The van der Waals surface area contributed by atoms with E-state index in [0.29, 0.717) is 0 Å². The molecule has 2 nitrogen and oxygen atoms in total. The van der Waals surface area contributed by atoms with Crippen LogP contribution in [0.25, 0.3) is 0 Å². The minimum Gasteiger partial charge on any atom is -0.181 e. The molecule has 1 rings (SSSR count). The van der Waals surface area contributed by atoms with E-state index in [0.717, 1.165) is 0 Å². The van der Waals surface area contributed by atoms with E-state index in [1.807, 2.05) is 0 Å². The summed E-state index contributed by atoms with van der Waals surface area (Å²) in [6.07, 6.45) is 5.25. The van der Waals surface area contributed by atoms with Gasteiger partial charge in [-0.1, -0.05) is 44.0 Å². The van der Waals surface area contributed by atoms with Crippen molar-refractivity contribution in [3.05, 3.63) is 35.4 Å². The number of hydrogen-bond donors (Lipinski definition) is 0. The molecular formula is C14H18N2. The first kappa shape index (κ1) is 14.2. The molecule has 0 aromatic heterocycles. The van der Waals surface area contributed by atoms with Gasteiger partial charge in [-0.3, -0.25) is 0 Å². The van der Waals surface area contributed by atoms with Crippen LogP contribution in [0.5, 0.6) is 0 Å². The molecule has 0 saturated carbocycles. The smallest absolute Gasteiger partial charge is 0.181 e. The summed E-state index contributed by atoms with van der Waals surface area (Å²) >= 11 is 0. The van der Waals surface area contributed by atoms with Gasteiger partial charge >= 0.3 is 0 Å². The molecule has 0 heterocycles. The number of hydrogen-bond acceptors (Lipinski definition) is 2. The Labute approximate surface area is 98.1 Å². The van der Waals surface area contributed by atoms with Crippen molar-refractivity contribution < 1.29 is 0 Å². The number of nitriles is 2. The first-order chi connectivity index (χ1) is 7.76. The number of aryl methyl sites for hydroxylation is 2. The van der Waals surface area contributed by atoms with Crippen LogP contribution in [0.15, 0.2) is 24.3 Å². The first-order valence-corrected chi connectivity index (χ1v) is 5.59. The van der Waals surface area contributed by atoms with E-state index in [2.05, 4.69) is 38.1 Å². The van der Waals surface area contributed by atoms with Crippen molar-refractivity contribution >= 4 is 0 Å². The lowest BCUT2D eigenvalue weighted by molar-refractivity contribution is 0.715. The highest BCUT2D eigenvalue weighted by Crippen LogP contribution is 2.10. The van der Waals surface area contributed by atoms with Crippen molar-refractivity contribution in [2.75, 3.05) is 0 Å². The molecule has 1 aromatic rings. The Morgan fingerprint density at radius 2 is 1.69 bits per heavy atom. The molecule has 0 aliphatic rings. The van der Waals surface area contributed by atoms with Gasteiger partial charge in [0.05, 0.1) is 0 Å². The number of rotatable bonds is 4. The van der Waals surface area contributed by atoms with Crippen molar-refractivity contribution in [3.8, 4) is 12.1 Å². The molecule has 0 bridgehead atoms. The van der Waals surface area contributed by atoms with Crippen LogP contribution in [0.1, 0.15) is 37.3 Å². The maximum absolute atomic E-state index is 7.26. The van der Waals surface area contributed by atoms with E-state index >= 15 is 0 Å². The lowest BCUT2D eigenvalue weighted by Crippen LogP contribution is -1.88. The van der Waals surface area contributed by atoms with E-state index in [1.165, 1.54) is 48.9 Å². The normalized spacial score (nSPS) is 8.25. The average molecular weight is 214 g/mol. The van der Waals surface area contributed by atoms with E-state index in [9.17, 15) is 0 Å². The molecule has 0 aliphatic carbocycles. The number of nitrogens with zero attached hydrogens (tertiary/aromatic N) is 2. The van der Waals surface area contributed by atoms with Gasteiger partial charge in [-0.15, -0.1) is 0 Å². The molecule has 0 radical (unpaired) electrons. The summed E-state index contributed by atoms with van der Waals surface area (Å²) in [6.45, 7) is 4.44. The van der Waals surface area contributed by atoms with Crippen LogP contribution < -0.4 is 0 Å². The van der Waals surface area contributed by atoms with Crippen LogP contribution in [0.3, 0.4) is 0 Å². The Bertz CT molecular complexity index is 357. The lowest BCUT2D eigenvalue weighted by atomic mass is 10.0. The quantitative estimate of drug-likeness (QED) is 0.716. The van der Waals surface area contributed by atoms with Gasteiger partial charge in [0, 0.05) is 0 Å². The van der Waals surface area contributed by atoms with Crippen LogP contribution in [0.4, 0.5) is 0 Å². The molecule has 0 amide bonds. The summed E-state index contributed by atoms with van der Waals surface area (Å²) in [4.78, 5) is 0. The molecule has 0 fully saturated rings. The summed E-state index contributed by atoms with van der Waals surface area (Å²) in [5.41, 5.74) is 2.96. The minimum absolute atomic E-state index is 1.24. The molecular weight excluding hydrogens is 196 g/mol. The molecule has 1 aromatic carbocycles. The fourth-order valence-corrected chi connectivity index (χ4v) is 1.46. The molecule has 0 N–H and O–H groups in total. The second kappa shape index (κ2) is 9.74. The Balaban J connectivity index is 0.000000487. The van der Waals surface area contributed by atoms with Crippen LogP contribution >= 0.6 is 0 Å². The maximum atomic E-state index is 7.26. The zero-order valence-electron chi connectivity index (χ0n) is 10.0. The van der Waals surface area contributed by atoms with E-state index in [1.54, 1.807) is 0 Å². The van der Waals surface area contributed by atoms with E-state index in [4.69, 9.17) is 10.5 Å². The van der Waals surface area contributed by atoms with Crippen molar-refractivity contribution in [1.29, 1.82) is 10.5 Å². The average Bonchev–Trinajstić information content (AvgIpc) is 2.32.